The summed E-state index contributed by atoms with van der Waals surface area (Å²) in [6.45, 7) is 2.80. The van der Waals surface area contributed by atoms with Crippen LogP contribution in [0.4, 0.5) is 0 Å². The Balaban J connectivity index is 1.66. The van der Waals surface area contributed by atoms with Gasteiger partial charge in [-0.25, -0.2) is 0 Å². The summed E-state index contributed by atoms with van der Waals surface area (Å²) in [5, 5.41) is 0. The molecule has 3 aromatic carbocycles. The van der Waals surface area contributed by atoms with E-state index in [9.17, 15) is 4.79 Å². The molecule has 154 valence electrons. The molecule has 1 amide bonds. The number of carbonyl (C=O) groups is 1. The van der Waals surface area contributed by atoms with Crippen LogP contribution in [-0.2, 0) is 13.0 Å². The van der Waals surface area contributed by atoms with Gasteiger partial charge in [0.2, 0.25) is 0 Å². The second kappa shape index (κ2) is 9.46. The molecule has 0 aliphatic heterocycles. The van der Waals surface area contributed by atoms with Crippen LogP contribution in [0.25, 0.3) is 10.2 Å². The fraction of sp³-hybridized carbons (Fsp3) is 0.154. The Kier molecular flexibility index (Phi) is 6.30. The molecule has 0 aliphatic carbocycles. The monoisotopic (exact) mass is 426 g/mol. The van der Waals surface area contributed by atoms with Gasteiger partial charge in [0.05, 0.1) is 17.9 Å². The summed E-state index contributed by atoms with van der Waals surface area (Å²) in [7, 11) is 0. The van der Waals surface area contributed by atoms with Crippen LogP contribution in [0.15, 0.2) is 77.8 Å². The Hall–Kier alpha value is -3.62. The number of benzene rings is 3. The van der Waals surface area contributed by atoms with Gasteiger partial charge < -0.3 is 9.30 Å². The van der Waals surface area contributed by atoms with E-state index in [0.29, 0.717) is 23.5 Å². The predicted molar refractivity (Wildman–Crippen MR) is 125 cm³/mol. The van der Waals surface area contributed by atoms with Crippen molar-refractivity contribution in [2.75, 3.05) is 6.61 Å². The van der Waals surface area contributed by atoms with E-state index in [1.165, 1.54) is 16.9 Å². The lowest BCUT2D eigenvalue weighted by Gasteiger charge is -2.07. The number of carbonyl (C=O) groups excluding carboxylic acids is 1. The van der Waals surface area contributed by atoms with Gasteiger partial charge in [-0.3, -0.25) is 4.79 Å². The van der Waals surface area contributed by atoms with Crippen LogP contribution in [0.2, 0.25) is 0 Å². The van der Waals surface area contributed by atoms with E-state index in [1.807, 2.05) is 72.2 Å². The number of ether oxygens (including phenoxy) is 1. The number of hydrogen-bond donors (Lipinski definition) is 0. The maximum atomic E-state index is 12.9. The molecule has 0 spiro atoms. The molecule has 0 saturated carbocycles. The SMILES string of the molecule is C#CCn1c(=NC(=O)c2ccc(Cc3ccccc3)cc2)sc2cccc(OCC)c21. The summed E-state index contributed by atoms with van der Waals surface area (Å²) in [6, 6.07) is 23.7. The predicted octanol–water partition coefficient (Wildman–Crippen LogP) is 5.07. The van der Waals surface area contributed by atoms with Crippen LogP contribution in [0, 0.1) is 12.3 Å². The molecular formula is C26H22N2O2S. The van der Waals surface area contributed by atoms with Crippen molar-refractivity contribution in [2.45, 2.75) is 19.9 Å². The van der Waals surface area contributed by atoms with Crippen LogP contribution < -0.4 is 9.54 Å². The lowest BCUT2D eigenvalue weighted by atomic mass is 10.0. The minimum absolute atomic E-state index is 0.290. The van der Waals surface area contributed by atoms with E-state index in [2.05, 4.69) is 23.0 Å². The van der Waals surface area contributed by atoms with Crippen molar-refractivity contribution in [3.63, 3.8) is 0 Å². The zero-order chi connectivity index (χ0) is 21.6. The molecule has 0 bridgehead atoms. The molecule has 0 aliphatic rings. The van der Waals surface area contributed by atoms with E-state index >= 15 is 0 Å². The average molecular weight is 427 g/mol. The lowest BCUT2D eigenvalue weighted by molar-refractivity contribution is 0.0998. The fourth-order valence-electron chi connectivity index (χ4n) is 3.44. The summed E-state index contributed by atoms with van der Waals surface area (Å²) >= 11 is 1.43. The minimum atomic E-state index is -0.290. The highest BCUT2D eigenvalue weighted by molar-refractivity contribution is 7.16. The Labute approximate surface area is 185 Å². The van der Waals surface area contributed by atoms with Gasteiger partial charge in [0.25, 0.3) is 5.91 Å². The van der Waals surface area contributed by atoms with E-state index in [-0.39, 0.29) is 5.91 Å². The van der Waals surface area contributed by atoms with Crippen molar-refractivity contribution in [2.24, 2.45) is 4.99 Å². The molecule has 4 rings (SSSR count). The van der Waals surface area contributed by atoms with Gasteiger partial charge in [-0.1, -0.05) is 65.8 Å². The number of fused-ring (bicyclic) bond motifs is 1. The van der Waals surface area contributed by atoms with E-state index in [0.717, 1.165) is 28.0 Å². The number of nitrogens with zero attached hydrogens (tertiary/aromatic N) is 2. The number of terminal acetylenes is 1. The molecule has 1 heterocycles. The molecule has 5 heteroatoms. The summed E-state index contributed by atoms with van der Waals surface area (Å²) < 4.78 is 8.61. The third kappa shape index (κ3) is 4.60. The Morgan fingerprint density at radius 2 is 1.77 bits per heavy atom. The highest BCUT2D eigenvalue weighted by Gasteiger charge is 2.13. The molecule has 4 nitrogen and oxygen atoms in total. The van der Waals surface area contributed by atoms with Crippen molar-refractivity contribution in [3.05, 3.63) is 94.3 Å². The largest absolute Gasteiger partial charge is 0.492 e. The third-order valence-electron chi connectivity index (χ3n) is 4.86. The summed E-state index contributed by atoms with van der Waals surface area (Å²) in [4.78, 5) is 17.8. The molecule has 0 radical (unpaired) electrons. The first-order chi connectivity index (χ1) is 15.2. The van der Waals surface area contributed by atoms with Gasteiger partial charge in [0, 0.05) is 5.56 Å². The highest BCUT2D eigenvalue weighted by atomic mass is 32.1. The van der Waals surface area contributed by atoms with Crippen molar-refractivity contribution in [3.8, 4) is 18.1 Å². The minimum Gasteiger partial charge on any atom is -0.492 e. The van der Waals surface area contributed by atoms with Crippen molar-refractivity contribution >= 4 is 27.5 Å². The first-order valence-electron chi connectivity index (χ1n) is 10.1. The number of hydrogen-bond acceptors (Lipinski definition) is 3. The molecule has 1 aromatic heterocycles. The smallest absolute Gasteiger partial charge is 0.279 e. The van der Waals surface area contributed by atoms with Gasteiger partial charge >= 0.3 is 0 Å². The van der Waals surface area contributed by atoms with Gasteiger partial charge in [-0.15, -0.1) is 6.42 Å². The van der Waals surface area contributed by atoms with Crippen LogP contribution in [0.1, 0.15) is 28.4 Å². The lowest BCUT2D eigenvalue weighted by Crippen LogP contribution is -2.17. The summed E-state index contributed by atoms with van der Waals surface area (Å²) in [5.41, 5.74) is 3.80. The Morgan fingerprint density at radius 1 is 1.03 bits per heavy atom. The quantitative estimate of drug-likeness (QED) is 0.404. The summed E-state index contributed by atoms with van der Waals surface area (Å²) in [5.74, 6) is 3.11. The highest BCUT2D eigenvalue weighted by Crippen LogP contribution is 2.27. The summed E-state index contributed by atoms with van der Waals surface area (Å²) in [6.07, 6.45) is 6.42. The van der Waals surface area contributed by atoms with Crippen LogP contribution >= 0.6 is 11.3 Å². The fourth-order valence-corrected chi connectivity index (χ4v) is 4.49. The number of thiazole rings is 1. The molecule has 0 unspecified atom stereocenters. The van der Waals surface area contributed by atoms with Crippen LogP contribution in [-0.4, -0.2) is 17.1 Å². The molecule has 0 atom stereocenters. The standard InChI is InChI=1S/C26H22N2O2S/c1-3-17-28-24-22(30-4-2)11-8-12-23(24)31-26(28)27-25(29)21-15-13-20(14-16-21)18-19-9-6-5-7-10-19/h1,5-16H,4,17-18H2,2H3. The number of para-hydroxylation sites is 1. The Bertz CT molecular complexity index is 1310. The number of amides is 1. The van der Waals surface area contributed by atoms with Gasteiger partial charge in [0.1, 0.15) is 11.3 Å². The zero-order valence-electron chi connectivity index (χ0n) is 17.2. The van der Waals surface area contributed by atoms with E-state index in [1.54, 1.807) is 0 Å². The second-order valence-electron chi connectivity index (χ2n) is 6.99. The zero-order valence-corrected chi connectivity index (χ0v) is 18.1. The molecule has 4 aromatic rings. The number of rotatable bonds is 6. The van der Waals surface area contributed by atoms with Crippen LogP contribution in [0.3, 0.4) is 0 Å². The van der Waals surface area contributed by atoms with Crippen molar-refractivity contribution in [1.82, 2.24) is 4.57 Å². The molecular weight excluding hydrogens is 404 g/mol. The van der Waals surface area contributed by atoms with E-state index < -0.39 is 0 Å². The van der Waals surface area contributed by atoms with Gasteiger partial charge in [-0.05, 0) is 48.7 Å². The molecule has 0 saturated heterocycles. The van der Waals surface area contributed by atoms with Gasteiger partial charge in [0.15, 0.2) is 4.80 Å². The maximum absolute atomic E-state index is 12.9. The Morgan fingerprint density at radius 3 is 2.48 bits per heavy atom. The third-order valence-corrected chi connectivity index (χ3v) is 5.91. The molecule has 31 heavy (non-hydrogen) atoms. The topological polar surface area (TPSA) is 43.6 Å². The molecule has 0 fully saturated rings. The first-order valence-corrected chi connectivity index (χ1v) is 10.9. The van der Waals surface area contributed by atoms with Crippen LogP contribution in [0.5, 0.6) is 5.75 Å². The normalized spacial score (nSPS) is 11.4. The van der Waals surface area contributed by atoms with Gasteiger partial charge in [-0.2, -0.15) is 4.99 Å². The number of aromatic nitrogens is 1. The van der Waals surface area contributed by atoms with Crippen molar-refractivity contribution < 1.29 is 9.53 Å². The first kappa shape index (κ1) is 20.6. The van der Waals surface area contributed by atoms with E-state index in [4.69, 9.17) is 11.2 Å². The second-order valence-corrected chi connectivity index (χ2v) is 8.00. The average Bonchev–Trinajstić information content (AvgIpc) is 3.13. The maximum Gasteiger partial charge on any atom is 0.279 e. The molecule has 0 N–H and O–H groups in total. The van der Waals surface area contributed by atoms with Crippen molar-refractivity contribution in [1.29, 1.82) is 0 Å².